The van der Waals surface area contributed by atoms with Crippen LogP contribution in [0, 0.1) is 0 Å². The predicted molar refractivity (Wildman–Crippen MR) is 62.5 cm³/mol. The van der Waals surface area contributed by atoms with Crippen molar-refractivity contribution < 1.29 is 5.11 Å². The number of hydrogen-bond acceptors (Lipinski definition) is 1. The highest BCUT2D eigenvalue weighted by molar-refractivity contribution is 6.83. The molecule has 0 aromatic carbocycles. The highest BCUT2D eigenvalue weighted by Crippen LogP contribution is 2.18. The van der Waals surface area contributed by atoms with Crippen LogP contribution in [-0.4, -0.2) is 19.3 Å². The highest BCUT2D eigenvalue weighted by atomic mass is 28.3. The molecule has 76 valence electrons. The maximum atomic E-state index is 9.60. The van der Waals surface area contributed by atoms with Crippen LogP contribution < -0.4 is 0 Å². The summed E-state index contributed by atoms with van der Waals surface area (Å²) in [5, 5.41) is 10.8. The van der Waals surface area contributed by atoms with E-state index >= 15 is 0 Å². The lowest BCUT2D eigenvalue weighted by molar-refractivity contribution is 0.238. The van der Waals surface area contributed by atoms with Gasteiger partial charge in [-0.1, -0.05) is 42.6 Å². The zero-order valence-electron chi connectivity index (χ0n) is 9.68. The molecule has 2 heteroatoms. The fourth-order valence-electron chi connectivity index (χ4n) is 1.27. The molecule has 0 saturated carbocycles. The molecule has 0 aromatic heterocycles. The Morgan fingerprint density at radius 1 is 1.15 bits per heavy atom. The predicted octanol–water partition coefficient (Wildman–Crippen LogP) is 3.14. The molecule has 0 aliphatic carbocycles. The molecule has 0 fully saturated rings. The van der Waals surface area contributed by atoms with Crippen molar-refractivity contribution in [3.63, 3.8) is 0 Å². The molecule has 1 atom stereocenters. The number of rotatable bonds is 3. The third-order valence-corrected chi connectivity index (χ3v) is 4.23. The quantitative estimate of drug-likeness (QED) is 0.545. The van der Waals surface area contributed by atoms with Gasteiger partial charge in [0.1, 0.15) is 0 Å². The molecule has 0 heterocycles. The van der Waals surface area contributed by atoms with Gasteiger partial charge >= 0.3 is 0 Å². The summed E-state index contributed by atoms with van der Waals surface area (Å²) < 4.78 is 0. The van der Waals surface area contributed by atoms with Crippen LogP contribution in [0.3, 0.4) is 0 Å². The molecule has 0 spiro atoms. The molecule has 0 saturated heterocycles. The summed E-state index contributed by atoms with van der Waals surface area (Å²) in [4.78, 5) is 0. The summed E-state index contributed by atoms with van der Waals surface area (Å²) in [6.07, 6.45) is 3.87. The number of allylic oxidation sites excluding steroid dienone is 3. The van der Waals surface area contributed by atoms with Crippen LogP contribution >= 0.6 is 0 Å². The van der Waals surface area contributed by atoms with Crippen LogP contribution in [0.1, 0.15) is 20.8 Å². The maximum Gasteiger partial charge on any atom is 0.0757 e. The second-order valence-electron chi connectivity index (χ2n) is 4.79. The smallest absolute Gasteiger partial charge is 0.0757 e. The second kappa shape index (κ2) is 4.77. The fraction of sp³-hybridized carbons (Fsp3) is 0.636. The molecule has 13 heavy (non-hydrogen) atoms. The van der Waals surface area contributed by atoms with E-state index in [1.165, 1.54) is 10.8 Å². The first-order valence-corrected chi connectivity index (χ1v) is 8.28. The molecule has 0 aliphatic heterocycles. The molecule has 1 unspecified atom stereocenters. The van der Waals surface area contributed by atoms with Crippen molar-refractivity contribution in [3.05, 3.63) is 22.9 Å². The Bertz CT molecular complexity index is 215. The van der Waals surface area contributed by atoms with Gasteiger partial charge in [0.05, 0.1) is 14.2 Å². The van der Waals surface area contributed by atoms with E-state index in [9.17, 15) is 5.11 Å². The van der Waals surface area contributed by atoms with E-state index in [1.807, 2.05) is 6.92 Å². The van der Waals surface area contributed by atoms with Gasteiger partial charge in [-0.05, 0) is 20.8 Å². The largest absolute Gasteiger partial charge is 0.389 e. The van der Waals surface area contributed by atoms with E-state index in [0.717, 1.165) is 0 Å². The van der Waals surface area contributed by atoms with Crippen LogP contribution in [0.5, 0.6) is 0 Å². The van der Waals surface area contributed by atoms with Crippen LogP contribution in [0.4, 0.5) is 0 Å². The van der Waals surface area contributed by atoms with E-state index in [2.05, 4.69) is 45.6 Å². The van der Waals surface area contributed by atoms with Gasteiger partial charge in [0.15, 0.2) is 0 Å². The summed E-state index contributed by atoms with van der Waals surface area (Å²) in [6, 6.07) is 0. The molecule has 1 nitrogen and oxygen atoms in total. The number of aliphatic hydroxyl groups excluding tert-OH is 1. The molecule has 0 rings (SSSR count). The molecule has 0 amide bonds. The summed E-state index contributed by atoms with van der Waals surface area (Å²) in [6.45, 7) is 12.8. The van der Waals surface area contributed by atoms with Crippen LogP contribution in [0.25, 0.3) is 0 Å². The summed E-state index contributed by atoms with van der Waals surface area (Å²) in [7, 11) is -1.35. The van der Waals surface area contributed by atoms with E-state index in [-0.39, 0.29) is 6.10 Å². The zero-order chi connectivity index (χ0) is 10.6. The van der Waals surface area contributed by atoms with Crippen LogP contribution in [0.2, 0.25) is 19.6 Å². The Morgan fingerprint density at radius 3 is 1.85 bits per heavy atom. The van der Waals surface area contributed by atoms with Crippen molar-refractivity contribution in [1.29, 1.82) is 0 Å². The minimum atomic E-state index is -1.35. The third kappa shape index (κ3) is 5.06. The first-order valence-electron chi connectivity index (χ1n) is 4.78. The number of hydrogen-bond donors (Lipinski definition) is 1. The summed E-state index contributed by atoms with van der Waals surface area (Å²) >= 11 is 0. The molecule has 0 aliphatic rings. The zero-order valence-corrected chi connectivity index (χ0v) is 10.7. The monoisotopic (exact) mass is 198 g/mol. The van der Waals surface area contributed by atoms with Gasteiger partial charge in [0.25, 0.3) is 0 Å². The first kappa shape index (κ1) is 12.7. The Hall–Kier alpha value is -0.343. The second-order valence-corrected chi connectivity index (χ2v) is 9.87. The topological polar surface area (TPSA) is 20.2 Å². The average molecular weight is 198 g/mol. The molecule has 0 aromatic rings. The molecule has 0 bridgehead atoms. The van der Waals surface area contributed by atoms with Gasteiger partial charge < -0.3 is 5.11 Å². The molecular weight excluding hydrogens is 176 g/mol. The van der Waals surface area contributed by atoms with E-state index < -0.39 is 8.07 Å². The molecular formula is C11H22OSi. The summed E-state index contributed by atoms with van der Waals surface area (Å²) in [5.74, 6) is 0. The Balaban J connectivity index is 4.83. The van der Waals surface area contributed by atoms with Gasteiger partial charge in [-0.2, -0.15) is 0 Å². The van der Waals surface area contributed by atoms with Crippen molar-refractivity contribution >= 4 is 8.07 Å². The summed E-state index contributed by atoms with van der Waals surface area (Å²) in [5.41, 5.74) is 1.27. The van der Waals surface area contributed by atoms with Gasteiger partial charge in [0, 0.05) is 0 Å². The van der Waals surface area contributed by atoms with Crippen molar-refractivity contribution in [3.8, 4) is 0 Å². The van der Waals surface area contributed by atoms with Gasteiger partial charge in [-0.3, -0.25) is 0 Å². The Morgan fingerprint density at radius 2 is 1.62 bits per heavy atom. The Kier molecular flexibility index (Phi) is 4.65. The third-order valence-electron chi connectivity index (χ3n) is 1.91. The van der Waals surface area contributed by atoms with Crippen molar-refractivity contribution in [2.75, 3.05) is 0 Å². The fourth-order valence-corrected chi connectivity index (χ4v) is 3.11. The van der Waals surface area contributed by atoms with Gasteiger partial charge in [-0.25, -0.2) is 0 Å². The standard InChI is InChI=1S/C11H22OSi/c1-9(2)7-8-11(10(3)12)13(4,5)6/h7-8,10,12H,1-6H3/b11-8-. The highest BCUT2D eigenvalue weighted by Gasteiger charge is 2.22. The maximum absolute atomic E-state index is 9.60. The van der Waals surface area contributed by atoms with Crippen molar-refractivity contribution in [1.82, 2.24) is 0 Å². The lowest BCUT2D eigenvalue weighted by Crippen LogP contribution is -2.30. The van der Waals surface area contributed by atoms with Crippen molar-refractivity contribution in [2.24, 2.45) is 0 Å². The minimum Gasteiger partial charge on any atom is -0.389 e. The van der Waals surface area contributed by atoms with Crippen LogP contribution in [0.15, 0.2) is 22.9 Å². The van der Waals surface area contributed by atoms with E-state index in [0.29, 0.717) is 0 Å². The van der Waals surface area contributed by atoms with E-state index in [1.54, 1.807) is 0 Å². The SMILES string of the molecule is CC(C)=C/C=C(/C(C)O)[Si](C)(C)C. The van der Waals surface area contributed by atoms with Crippen LogP contribution in [-0.2, 0) is 0 Å². The lowest BCUT2D eigenvalue weighted by Gasteiger charge is -2.23. The normalized spacial score (nSPS) is 15.5. The lowest BCUT2D eigenvalue weighted by atomic mass is 10.3. The van der Waals surface area contributed by atoms with Gasteiger partial charge in [0.2, 0.25) is 0 Å². The number of aliphatic hydroxyl groups is 1. The minimum absolute atomic E-state index is 0.303. The Labute approximate surface area is 83.2 Å². The van der Waals surface area contributed by atoms with Gasteiger partial charge in [-0.15, -0.1) is 0 Å². The molecule has 0 radical (unpaired) electrons. The van der Waals surface area contributed by atoms with Crippen molar-refractivity contribution in [2.45, 2.75) is 46.5 Å². The van der Waals surface area contributed by atoms with E-state index in [4.69, 9.17) is 0 Å². The average Bonchev–Trinajstić information content (AvgIpc) is 1.81. The first-order chi connectivity index (χ1) is 5.75. The molecule has 1 N–H and O–H groups in total.